The maximum atomic E-state index is 12.5. The van der Waals surface area contributed by atoms with Crippen LogP contribution in [0.3, 0.4) is 0 Å². The summed E-state index contributed by atoms with van der Waals surface area (Å²) in [6.07, 6.45) is 4.31. The number of carbonyl (C=O) groups excluding carboxylic acids is 2. The zero-order valence-electron chi connectivity index (χ0n) is 16.9. The van der Waals surface area contributed by atoms with E-state index < -0.39 is 0 Å². The Balaban J connectivity index is 1.69. The lowest BCUT2D eigenvalue weighted by Gasteiger charge is -2.07. The fraction of sp³-hybridized carbons (Fsp3) is 0.304. The zero-order chi connectivity index (χ0) is 20.8. The molecule has 0 fully saturated rings. The number of hydrogen-bond acceptors (Lipinski definition) is 3. The molecule has 0 unspecified atom stereocenters. The van der Waals surface area contributed by atoms with Crippen molar-refractivity contribution in [2.45, 2.75) is 46.1 Å². The minimum atomic E-state index is -0.386. The van der Waals surface area contributed by atoms with E-state index in [-0.39, 0.29) is 18.2 Å². The van der Waals surface area contributed by atoms with Crippen molar-refractivity contribution in [1.29, 1.82) is 0 Å². The average Bonchev–Trinajstić information content (AvgIpc) is 3.06. The van der Waals surface area contributed by atoms with Crippen LogP contribution in [0.1, 0.15) is 39.5 Å². The lowest BCUT2D eigenvalue weighted by molar-refractivity contribution is -0.129. The summed E-state index contributed by atoms with van der Waals surface area (Å²) in [4.78, 5) is 23.5. The third kappa shape index (κ3) is 4.66. The molecule has 6 nitrogen and oxygen atoms in total. The van der Waals surface area contributed by atoms with Crippen LogP contribution in [0.4, 0.5) is 5.69 Å². The molecule has 0 saturated carbocycles. The number of aromatic nitrogens is 1. The number of hydroxylamine groups is 1. The number of nitrogens with one attached hydrogen (secondary N) is 2. The molecule has 0 aliphatic carbocycles. The van der Waals surface area contributed by atoms with E-state index in [1.807, 2.05) is 30.3 Å². The Morgan fingerprint density at radius 3 is 2.59 bits per heavy atom. The van der Waals surface area contributed by atoms with E-state index in [0.717, 1.165) is 29.6 Å². The van der Waals surface area contributed by atoms with Gasteiger partial charge in [-0.2, -0.15) is 0 Å². The second-order valence-corrected chi connectivity index (χ2v) is 7.12. The van der Waals surface area contributed by atoms with Gasteiger partial charge in [0.05, 0.1) is 0 Å². The maximum Gasteiger partial charge on any atom is 0.250 e. The van der Waals surface area contributed by atoms with Gasteiger partial charge in [0.2, 0.25) is 5.91 Å². The smallest absolute Gasteiger partial charge is 0.250 e. The monoisotopic (exact) mass is 393 g/mol. The molecule has 3 rings (SSSR count). The molecule has 0 saturated heterocycles. The van der Waals surface area contributed by atoms with E-state index in [1.54, 1.807) is 12.4 Å². The van der Waals surface area contributed by atoms with Crippen molar-refractivity contribution in [3.63, 3.8) is 0 Å². The first-order chi connectivity index (χ1) is 14.0. The summed E-state index contributed by atoms with van der Waals surface area (Å²) >= 11 is 0. The molecule has 0 aliphatic heterocycles. The van der Waals surface area contributed by atoms with E-state index in [2.05, 4.69) is 35.0 Å². The zero-order valence-corrected chi connectivity index (χ0v) is 16.9. The fourth-order valence-corrected chi connectivity index (χ4v) is 3.60. The summed E-state index contributed by atoms with van der Waals surface area (Å²) in [5.74, 6) is -0.514. The number of hydrogen-bond donors (Lipinski definition) is 3. The summed E-state index contributed by atoms with van der Waals surface area (Å²) in [6, 6.07) is 14.3. The number of amides is 2. The first-order valence-corrected chi connectivity index (χ1v) is 9.97. The predicted octanol–water partition coefficient (Wildman–Crippen LogP) is 4.77. The number of anilines is 1. The van der Waals surface area contributed by atoms with Crippen molar-refractivity contribution in [3.8, 4) is 0 Å². The molecule has 0 spiro atoms. The Labute approximate surface area is 170 Å². The minimum Gasteiger partial charge on any atom is -0.341 e. The summed E-state index contributed by atoms with van der Waals surface area (Å²) in [6.45, 7) is 4.81. The van der Waals surface area contributed by atoms with Crippen molar-refractivity contribution < 1.29 is 14.8 Å². The van der Waals surface area contributed by atoms with Gasteiger partial charge in [0.25, 0.3) is 5.91 Å². The molecule has 6 heteroatoms. The van der Waals surface area contributed by atoms with Crippen LogP contribution in [0, 0.1) is 0 Å². The molecule has 0 aliphatic rings. The minimum absolute atomic E-state index is 0.128. The molecule has 0 atom stereocenters. The van der Waals surface area contributed by atoms with Gasteiger partial charge in [-0.1, -0.05) is 24.3 Å². The van der Waals surface area contributed by atoms with E-state index >= 15 is 0 Å². The predicted molar refractivity (Wildman–Crippen MR) is 116 cm³/mol. The standard InChI is InChI=1S/C23H27N3O3/c1-3-26-20-11-8-7-10-18(20)19-15-17(13-14-21(19)26)24-23(28)16(2)9-5-4-6-12-22(27)25-29/h7-11,13-15,29H,3-6,12H2,1-2H3,(H,24,28)(H,25,27)/b16-9+. The van der Waals surface area contributed by atoms with E-state index in [0.29, 0.717) is 18.4 Å². The Morgan fingerprint density at radius 1 is 1.07 bits per heavy atom. The van der Waals surface area contributed by atoms with Crippen LogP contribution in [0.2, 0.25) is 0 Å². The van der Waals surface area contributed by atoms with Gasteiger partial charge in [-0.25, -0.2) is 5.48 Å². The topological polar surface area (TPSA) is 83.4 Å². The van der Waals surface area contributed by atoms with E-state index in [9.17, 15) is 9.59 Å². The van der Waals surface area contributed by atoms with E-state index in [4.69, 9.17) is 5.21 Å². The van der Waals surface area contributed by atoms with Crippen LogP contribution < -0.4 is 10.8 Å². The van der Waals surface area contributed by atoms with Crippen LogP contribution >= 0.6 is 0 Å². The van der Waals surface area contributed by atoms with Crippen LogP contribution in [0.15, 0.2) is 54.1 Å². The normalized spacial score (nSPS) is 11.8. The molecule has 1 aromatic heterocycles. The first kappa shape index (κ1) is 20.6. The lowest BCUT2D eigenvalue weighted by Crippen LogP contribution is -2.17. The number of para-hydroxylation sites is 1. The number of rotatable bonds is 8. The molecular formula is C23H27N3O3. The summed E-state index contributed by atoms with van der Waals surface area (Å²) in [5, 5.41) is 13.8. The van der Waals surface area contributed by atoms with Gasteiger partial charge in [-0.15, -0.1) is 0 Å². The highest BCUT2D eigenvalue weighted by Crippen LogP contribution is 2.31. The number of nitrogens with zero attached hydrogens (tertiary/aromatic N) is 1. The van der Waals surface area contributed by atoms with Gasteiger partial charge in [-0.05, 0) is 57.4 Å². The molecule has 0 bridgehead atoms. The second kappa shape index (κ2) is 9.39. The van der Waals surface area contributed by atoms with Crippen molar-refractivity contribution in [2.75, 3.05) is 5.32 Å². The number of benzene rings is 2. The van der Waals surface area contributed by atoms with Crippen molar-refractivity contribution in [2.24, 2.45) is 0 Å². The fourth-order valence-electron chi connectivity index (χ4n) is 3.60. The molecule has 1 heterocycles. The number of aryl methyl sites for hydroxylation is 1. The third-order valence-electron chi connectivity index (χ3n) is 5.14. The van der Waals surface area contributed by atoms with Crippen molar-refractivity contribution in [3.05, 3.63) is 54.1 Å². The van der Waals surface area contributed by atoms with Crippen molar-refractivity contribution >= 4 is 39.3 Å². The molecule has 3 N–H and O–H groups in total. The van der Waals surface area contributed by atoms with Gasteiger partial charge in [0, 0.05) is 46.0 Å². The summed E-state index contributed by atoms with van der Waals surface area (Å²) in [7, 11) is 0. The highest BCUT2D eigenvalue weighted by Gasteiger charge is 2.11. The molecule has 2 amide bonds. The average molecular weight is 393 g/mol. The van der Waals surface area contributed by atoms with Gasteiger partial charge < -0.3 is 9.88 Å². The SMILES string of the molecule is CCn1c2ccccc2c2cc(NC(=O)/C(C)=C/CCCCC(=O)NO)ccc21. The van der Waals surface area contributed by atoms with Crippen LogP contribution in [-0.2, 0) is 16.1 Å². The Kier molecular flexibility index (Phi) is 6.67. The number of carbonyl (C=O) groups is 2. The van der Waals surface area contributed by atoms with E-state index in [1.165, 1.54) is 10.9 Å². The van der Waals surface area contributed by atoms with Crippen LogP contribution in [-0.4, -0.2) is 21.6 Å². The summed E-state index contributed by atoms with van der Waals surface area (Å²) in [5.41, 5.74) is 5.39. The van der Waals surface area contributed by atoms with Crippen molar-refractivity contribution in [1.82, 2.24) is 10.0 Å². The van der Waals surface area contributed by atoms with Gasteiger partial charge in [0.15, 0.2) is 0 Å². The lowest BCUT2D eigenvalue weighted by atomic mass is 10.1. The third-order valence-corrected chi connectivity index (χ3v) is 5.14. The molecule has 152 valence electrons. The summed E-state index contributed by atoms with van der Waals surface area (Å²) < 4.78 is 2.28. The van der Waals surface area contributed by atoms with Gasteiger partial charge in [-0.3, -0.25) is 14.8 Å². The van der Waals surface area contributed by atoms with Crippen LogP contribution in [0.5, 0.6) is 0 Å². The number of fused-ring (bicyclic) bond motifs is 3. The maximum absolute atomic E-state index is 12.5. The number of allylic oxidation sites excluding steroid dienone is 1. The molecule has 2 aromatic carbocycles. The molecule has 0 radical (unpaired) electrons. The highest BCUT2D eigenvalue weighted by atomic mass is 16.5. The Hall–Kier alpha value is -3.12. The molecule has 3 aromatic rings. The van der Waals surface area contributed by atoms with Gasteiger partial charge >= 0.3 is 0 Å². The second-order valence-electron chi connectivity index (χ2n) is 7.12. The Morgan fingerprint density at radius 2 is 1.83 bits per heavy atom. The molecular weight excluding hydrogens is 366 g/mol. The quantitative estimate of drug-likeness (QED) is 0.223. The Bertz CT molecular complexity index is 1070. The molecule has 29 heavy (non-hydrogen) atoms. The first-order valence-electron chi connectivity index (χ1n) is 9.97. The highest BCUT2D eigenvalue weighted by molar-refractivity contribution is 6.10. The largest absolute Gasteiger partial charge is 0.341 e. The van der Waals surface area contributed by atoms with Crippen LogP contribution in [0.25, 0.3) is 21.8 Å². The number of unbranched alkanes of at least 4 members (excludes halogenated alkanes) is 2. The van der Waals surface area contributed by atoms with Gasteiger partial charge in [0.1, 0.15) is 0 Å².